The topological polar surface area (TPSA) is 55.1 Å². The van der Waals surface area contributed by atoms with E-state index in [1.54, 1.807) is 30.3 Å². The Morgan fingerprint density at radius 1 is 0.970 bits per heavy atom. The van der Waals surface area contributed by atoms with Crippen molar-refractivity contribution in [2.75, 3.05) is 5.32 Å². The van der Waals surface area contributed by atoms with E-state index in [0.717, 1.165) is 16.6 Å². The molecule has 4 nitrogen and oxygen atoms in total. The fraction of sp³-hybridized carbons (Fsp3) is 0. The molecule has 0 atom stereocenters. The van der Waals surface area contributed by atoms with E-state index < -0.39 is 0 Å². The zero-order valence-corrected chi connectivity index (χ0v) is 19.4. The maximum absolute atomic E-state index is 12.4. The van der Waals surface area contributed by atoms with Crippen molar-refractivity contribution in [1.29, 1.82) is 0 Å². The van der Waals surface area contributed by atoms with Gasteiger partial charge in [-0.25, -0.2) is 4.98 Å². The van der Waals surface area contributed by atoms with E-state index in [1.807, 2.05) is 29.6 Å². The molecule has 7 heteroatoms. The highest BCUT2D eigenvalue weighted by Gasteiger charge is 2.11. The fourth-order valence-electron chi connectivity index (χ4n) is 3.40. The molecule has 2 aromatic heterocycles. The van der Waals surface area contributed by atoms with Crippen LogP contribution in [0.1, 0.15) is 5.76 Å². The number of amides is 1. The Bertz CT molecular complexity index is 1500. The van der Waals surface area contributed by atoms with Gasteiger partial charge in [-0.05, 0) is 47.2 Å². The number of nitrogens with zero attached hydrogens (tertiary/aromatic N) is 1. The molecular weight excluding hydrogens is 475 g/mol. The van der Waals surface area contributed by atoms with Crippen molar-refractivity contribution in [2.45, 2.75) is 0 Å². The van der Waals surface area contributed by atoms with Gasteiger partial charge in [-0.15, -0.1) is 11.3 Å². The minimum atomic E-state index is -0.298. The SMILES string of the molecule is O=C(C=Cc1ccc(-c2cccc(Cl)c2Cl)o1)Nc1nc(-c2ccc3ccccc3c2)cs1. The van der Waals surface area contributed by atoms with Crippen LogP contribution in [0.15, 0.2) is 88.7 Å². The number of hydrogen-bond donors (Lipinski definition) is 1. The fourth-order valence-corrected chi connectivity index (χ4v) is 4.51. The molecule has 0 unspecified atom stereocenters. The summed E-state index contributed by atoms with van der Waals surface area (Å²) >= 11 is 13.7. The van der Waals surface area contributed by atoms with Gasteiger partial charge in [-0.3, -0.25) is 10.1 Å². The Kier molecular flexibility index (Phi) is 6.01. The van der Waals surface area contributed by atoms with Crippen LogP contribution in [0.25, 0.3) is 39.4 Å². The second kappa shape index (κ2) is 9.24. The normalized spacial score (nSPS) is 11.3. The van der Waals surface area contributed by atoms with Gasteiger partial charge in [-0.2, -0.15) is 0 Å². The lowest BCUT2D eigenvalue weighted by Gasteiger charge is -2.02. The average Bonchev–Trinajstić information content (AvgIpc) is 3.49. The van der Waals surface area contributed by atoms with Crippen LogP contribution in [0.4, 0.5) is 5.13 Å². The molecule has 162 valence electrons. The van der Waals surface area contributed by atoms with Crippen molar-refractivity contribution in [3.8, 4) is 22.6 Å². The number of furan rings is 1. The summed E-state index contributed by atoms with van der Waals surface area (Å²) in [5, 5.41) is 8.45. The van der Waals surface area contributed by atoms with Crippen LogP contribution in [0.2, 0.25) is 10.0 Å². The third-order valence-corrected chi connectivity index (χ3v) is 6.60. The van der Waals surface area contributed by atoms with Crippen LogP contribution >= 0.6 is 34.5 Å². The zero-order chi connectivity index (χ0) is 22.8. The van der Waals surface area contributed by atoms with E-state index in [-0.39, 0.29) is 5.91 Å². The van der Waals surface area contributed by atoms with E-state index in [4.69, 9.17) is 27.6 Å². The van der Waals surface area contributed by atoms with Gasteiger partial charge in [0.1, 0.15) is 11.5 Å². The largest absolute Gasteiger partial charge is 0.457 e. The van der Waals surface area contributed by atoms with Crippen molar-refractivity contribution in [2.24, 2.45) is 0 Å². The highest BCUT2D eigenvalue weighted by atomic mass is 35.5. The highest BCUT2D eigenvalue weighted by Crippen LogP contribution is 2.34. The number of benzene rings is 3. The maximum Gasteiger partial charge on any atom is 0.250 e. The maximum atomic E-state index is 12.4. The minimum absolute atomic E-state index is 0.298. The first-order valence-corrected chi connectivity index (χ1v) is 11.7. The molecule has 5 rings (SSSR count). The van der Waals surface area contributed by atoms with Crippen molar-refractivity contribution < 1.29 is 9.21 Å². The van der Waals surface area contributed by atoms with Crippen LogP contribution < -0.4 is 5.32 Å². The molecule has 3 aromatic carbocycles. The minimum Gasteiger partial charge on any atom is -0.457 e. The summed E-state index contributed by atoms with van der Waals surface area (Å²) in [6, 6.07) is 23.2. The quantitative estimate of drug-likeness (QED) is 0.252. The van der Waals surface area contributed by atoms with E-state index in [9.17, 15) is 4.79 Å². The van der Waals surface area contributed by atoms with Gasteiger partial charge in [0.2, 0.25) is 5.91 Å². The number of fused-ring (bicyclic) bond motifs is 1. The summed E-state index contributed by atoms with van der Waals surface area (Å²) in [7, 11) is 0. The molecule has 0 aliphatic heterocycles. The number of anilines is 1. The van der Waals surface area contributed by atoms with E-state index in [1.165, 1.54) is 22.8 Å². The lowest BCUT2D eigenvalue weighted by atomic mass is 10.1. The molecule has 0 aliphatic carbocycles. The van der Waals surface area contributed by atoms with Crippen LogP contribution in [-0.4, -0.2) is 10.9 Å². The molecule has 1 amide bonds. The Hall–Kier alpha value is -3.38. The predicted molar refractivity (Wildman–Crippen MR) is 137 cm³/mol. The Balaban J connectivity index is 1.27. The van der Waals surface area contributed by atoms with E-state index >= 15 is 0 Å². The molecule has 0 fully saturated rings. The smallest absolute Gasteiger partial charge is 0.250 e. The monoisotopic (exact) mass is 490 g/mol. The number of carbonyl (C=O) groups excluding carboxylic acids is 1. The Labute approximate surface area is 204 Å². The molecule has 0 bridgehead atoms. The van der Waals surface area contributed by atoms with Gasteiger partial charge in [-0.1, -0.05) is 65.7 Å². The number of rotatable bonds is 5. The number of nitrogens with one attached hydrogen (secondary N) is 1. The summed E-state index contributed by atoms with van der Waals surface area (Å²) in [5.74, 6) is 0.794. The predicted octanol–water partition coefficient (Wildman–Crippen LogP) is 8.18. The van der Waals surface area contributed by atoms with Crippen molar-refractivity contribution in [3.05, 3.63) is 100 Å². The third-order valence-electron chi connectivity index (χ3n) is 5.02. The molecule has 0 radical (unpaired) electrons. The Morgan fingerprint density at radius 3 is 2.70 bits per heavy atom. The van der Waals surface area contributed by atoms with Gasteiger partial charge in [0.05, 0.1) is 15.7 Å². The van der Waals surface area contributed by atoms with Gasteiger partial charge in [0.15, 0.2) is 5.13 Å². The second-order valence-corrected chi connectivity index (χ2v) is 8.87. The van der Waals surface area contributed by atoms with Crippen LogP contribution in [0.5, 0.6) is 0 Å². The second-order valence-electron chi connectivity index (χ2n) is 7.23. The van der Waals surface area contributed by atoms with Crippen molar-refractivity contribution in [3.63, 3.8) is 0 Å². The van der Waals surface area contributed by atoms with Gasteiger partial charge in [0.25, 0.3) is 0 Å². The first-order chi connectivity index (χ1) is 16.1. The van der Waals surface area contributed by atoms with Gasteiger partial charge >= 0.3 is 0 Å². The zero-order valence-electron chi connectivity index (χ0n) is 17.1. The standard InChI is InChI=1S/C26H16Cl2N2O2S/c27-21-7-3-6-20(25(21)28)23-12-10-19(32-23)11-13-24(31)30-26-29-22(15-33-26)18-9-8-16-4-1-2-5-17(16)14-18/h1-15H,(H,29,30,31). The third kappa shape index (κ3) is 4.71. The molecule has 33 heavy (non-hydrogen) atoms. The number of aromatic nitrogens is 1. The summed E-state index contributed by atoms with van der Waals surface area (Å²) in [6.45, 7) is 0. The first-order valence-electron chi connectivity index (χ1n) is 10.0. The molecule has 2 heterocycles. The summed E-state index contributed by atoms with van der Waals surface area (Å²) in [5.41, 5.74) is 2.51. The number of hydrogen-bond acceptors (Lipinski definition) is 4. The van der Waals surface area contributed by atoms with Gasteiger partial charge < -0.3 is 4.42 Å². The molecule has 0 saturated carbocycles. The number of carbonyl (C=O) groups is 1. The number of thiazole rings is 1. The molecular formula is C26H16Cl2N2O2S. The average molecular weight is 491 g/mol. The molecule has 0 aliphatic rings. The van der Waals surface area contributed by atoms with Gasteiger partial charge in [0, 0.05) is 22.6 Å². The first kappa shape index (κ1) is 21.5. The van der Waals surface area contributed by atoms with Crippen LogP contribution in [0, 0.1) is 0 Å². The molecule has 0 spiro atoms. The van der Waals surface area contributed by atoms with Crippen LogP contribution in [0.3, 0.4) is 0 Å². The van der Waals surface area contributed by atoms with E-state index in [2.05, 4.69) is 34.6 Å². The van der Waals surface area contributed by atoms with E-state index in [0.29, 0.717) is 32.3 Å². The highest BCUT2D eigenvalue weighted by molar-refractivity contribution is 7.14. The van der Waals surface area contributed by atoms with Crippen molar-refractivity contribution in [1.82, 2.24) is 4.98 Å². The Morgan fingerprint density at radius 2 is 1.82 bits per heavy atom. The summed E-state index contributed by atoms with van der Waals surface area (Å²) in [4.78, 5) is 16.9. The lowest BCUT2D eigenvalue weighted by Crippen LogP contribution is -2.07. The van der Waals surface area contributed by atoms with Crippen LogP contribution in [-0.2, 0) is 4.79 Å². The molecule has 5 aromatic rings. The van der Waals surface area contributed by atoms with Crippen molar-refractivity contribution >= 4 is 62.4 Å². The summed E-state index contributed by atoms with van der Waals surface area (Å²) in [6.07, 6.45) is 2.99. The summed E-state index contributed by atoms with van der Waals surface area (Å²) < 4.78 is 5.78. The number of halogens is 2. The lowest BCUT2D eigenvalue weighted by molar-refractivity contribution is -0.111. The molecule has 1 N–H and O–H groups in total. The molecule has 0 saturated heterocycles.